The minimum Gasteiger partial charge on any atom is -0.438 e. The number of benzene rings is 2. The number of carbonyl (C=O) groups excluding carboxylic acids is 1. The summed E-state index contributed by atoms with van der Waals surface area (Å²) in [5.74, 6) is 7.80. The zero-order valence-electron chi connectivity index (χ0n) is 29.7. The molecule has 14 heteroatoms. The average molecular weight is 722 g/mol. The van der Waals surface area contributed by atoms with Crippen LogP contribution in [-0.2, 0) is 16.1 Å². The zero-order chi connectivity index (χ0) is 37.7. The number of rotatable bonds is 15. The molecule has 0 unspecified atom stereocenters. The van der Waals surface area contributed by atoms with E-state index in [0.29, 0.717) is 36.0 Å². The summed E-state index contributed by atoms with van der Waals surface area (Å²) in [6.07, 6.45) is 6.05. The van der Waals surface area contributed by atoms with E-state index in [-0.39, 0.29) is 24.4 Å². The molecule has 1 saturated heterocycles. The van der Waals surface area contributed by atoms with Crippen LogP contribution >= 0.6 is 0 Å². The van der Waals surface area contributed by atoms with Gasteiger partial charge in [-0.25, -0.2) is 9.78 Å². The Morgan fingerprint density at radius 1 is 1.08 bits per heavy atom. The number of hydrogen-bond donors (Lipinski definition) is 5. The maximum Gasteiger partial charge on any atom is 0.330 e. The number of aliphatic hydroxyl groups is 2. The standard InChI is InChI=1S/C39H43N7O7/c1-25-18-28(19-26(2)36(25)53-34-16-17-41-38(44-34)43-30-14-12-27(21-40)13-15-30)10-8-6-4-3-5-7-9-11-33(49)42-22-29-23-46(39(51)45-37(29)50)35-20-31(48)32(24-47)52-35/h12-19,23,31-32,35,47-48H,3-7,9,11,20,22,24H2,1-2H3,(H,42,49)(H,41,43,44)(H,45,50,51)/t31-,32+,35+/m0/s1. The van der Waals surface area contributed by atoms with Gasteiger partial charge in [0.25, 0.3) is 5.56 Å². The first-order valence-corrected chi connectivity index (χ1v) is 17.6. The summed E-state index contributed by atoms with van der Waals surface area (Å²) < 4.78 is 12.8. The smallest absolute Gasteiger partial charge is 0.330 e. The molecule has 2 aromatic carbocycles. The number of aromatic nitrogens is 4. The summed E-state index contributed by atoms with van der Waals surface area (Å²) in [5, 5.41) is 34.1. The van der Waals surface area contributed by atoms with Gasteiger partial charge in [0, 0.05) is 55.5 Å². The van der Waals surface area contributed by atoms with Crippen molar-refractivity contribution in [3.8, 4) is 29.5 Å². The second-order valence-corrected chi connectivity index (χ2v) is 12.9. The molecule has 4 aromatic rings. The van der Waals surface area contributed by atoms with Crippen LogP contribution in [-0.4, -0.2) is 54.5 Å². The molecular weight excluding hydrogens is 678 g/mol. The largest absolute Gasteiger partial charge is 0.438 e. The number of ether oxygens (including phenoxy) is 2. The number of H-pyrrole nitrogens is 1. The predicted molar refractivity (Wildman–Crippen MR) is 196 cm³/mol. The molecule has 3 atom stereocenters. The Balaban J connectivity index is 0.994. The third-order valence-electron chi connectivity index (χ3n) is 8.72. The maximum atomic E-state index is 12.4. The lowest BCUT2D eigenvalue weighted by molar-refractivity contribution is -0.121. The minimum atomic E-state index is -0.932. The molecule has 53 heavy (non-hydrogen) atoms. The molecule has 1 aliphatic heterocycles. The molecule has 5 rings (SSSR count). The monoisotopic (exact) mass is 721 g/mol. The molecule has 5 N–H and O–H groups in total. The molecule has 3 heterocycles. The molecule has 0 aliphatic carbocycles. The minimum absolute atomic E-state index is 0.0524. The summed E-state index contributed by atoms with van der Waals surface area (Å²) in [6.45, 7) is 3.50. The highest BCUT2D eigenvalue weighted by molar-refractivity contribution is 5.75. The van der Waals surface area contributed by atoms with Gasteiger partial charge in [0.05, 0.1) is 29.9 Å². The molecule has 0 saturated carbocycles. The molecule has 0 spiro atoms. The normalized spacial score (nSPS) is 16.3. The number of carbonyl (C=O) groups is 1. The quantitative estimate of drug-likeness (QED) is 0.0860. The number of anilines is 2. The van der Waals surface area contributed by atoms with E-state index in [1.54, 1.807) is 36.5 Å². The van der Waals surface area contributed by atoms with E-state index in [0.717, 1.165) is 59.0 Å². The zero-order valence-corrected chi connectivity index (χ0v) is 29.7. The molecule has 0 bridgehead atoms. The summed E-state index contributed by atoms with van der Waals surface area (Å²) in [4.78, 5) is 47.9. The predicted octanol–water partition coefficient (Wildman–Crippen LogP) is 4.39. The number of nitrogens with zero attached hydrogens (tertiary/aromatic N) is 4. The molecule has 1 fully saturated rings. The van der Waals surface area contributed by atoms with Gasteiger partial charge in [-0.3, -0.25) is 19.1 Å². The van der Waals surface area contributed by atoms with E-state index in [1.165, 1.54) is 6.20 Å². The van der Waals surface area contributed by atoms with Gasteiger partial charge in [-0.2, -0.15) is 10.2 Å². The Bertz CT molecular complexity index is 2090. The van der Waals surface area contributed by atoms with E-state index >= 15 is 0 Å². The molecule has 0 radical (unpaired) electrons. The highest BCUT2D eigenvalue weighted by atomic mass is 16.5. The molecular formula is C39H43N7O7. The summed E-state index contributed by atoms with van der Waals surface area (Å²) in [6, 6.07) is 14.8. The van der Waals surface area contributed by atoms with Crippen LogP contribution in [0.1, 0.15) is 85.4 Å². The van der Waals surface area contributed by atoms with Gasteiger partial charge < -0.3 is 30.3 Å². The Kier molecular flexibility index (Phi) is 13.5. The van der Waals surface area contributed by atoms with E-state index in [1.807, 2.05) is 26.0 Å². The van der Waals surface area contributed by atoms with E-state index < -0.39 is 36.3 Å². The second kappa shape index (κ2) is 18.6. The molecule has 1 aliphatic rings. The number of nitriles is 1. The van der Waals surface area contributed by atoms with Gasteiger partial charge in [0.15, 0.2) is 0 Å². The Morgan fingerprint density at radius 2 is 1.81 bits per heavy atom. The number of aryl methyl sites for hydroxylation is 2. The van der Waals surface area contributed by atoms with Crippen LogP contribution < -0.4 is 26.6 Å². The lowest BCUT2D eigenvalue weighted by Crippen LogP contribution is -2.36. The van der Waals surface area contributed by atoms with Crippen molar-refractivity contribution in [1.82, 2.24) is 24.8 Å². The first-order chi connectivity index (χ1) is 25.6. The van der Waals surface area contributed by atoms with Crippen LogP contribution in [0, 0.1) is 37.0 Å². The topological polar surface area (TPSA) is 204 Å². The number of aliphatic hydroxyl groups excluding tert-OH is 2. The lowest BCUT2D eigenvalue weighted by Gasteiger charge is -2.15. The highest BCUT2D eigenvalue weighted by Crippen LogP contribution is 2.30. The Morgan fingerprint density at radius 3 is 2.53 bits per heavy atom. The Labute approximate surface area is 306 Å². The molecule has 14 nitrogen and oxygen atoms in total. The van der Waals surface area contributed by atoms with E-state index in [9.17, 15) is 24.6 Å². The molecule has 2 aromatic heterocycles. The van der Waals surface area contributed by atoms with Gasteiger partial charge in [-0.1, -0.05) is 31.1 Å². The Hall–Kier alpha value is -5.80. The first-order valence-electron chi connectivity index (χ1n) is 17.6. The fourth-order valence-corrected chi connectivity index (χ4v) is 5.90. The van der Waals surface area contributed by atoms with Crippen LogP contribution in [0.2, 0.25) is 0 Å². The van der Waals surface area contributed by atoms with Gasteiger partial charge >= 0.3 is 5.69 Å². The fraction of sp³-hybridized carbons (Fsp3) is 0.385. The van der Waals surface area contributed by atoms with Gasteiger partial charge in [-0.05, 0) is 74.2 Å². The number of nitrogens with one attached hydrogen (secondary N) is 3. The van der Waals surface area contributed by atoms with Gasteiger partial charge in [-0.15, -0.1) is 0 Å². The van der Waals surface area contributed by atoms with Crippen molar-refractivity contribution in [2.24, 2.45) is 0 Å². The third-order valence-corrected chi connectivity index (χ3v) is 8.72. The SMILES string of the molecule is Cc1cc(C#CCCCCCCCC(=O)NCc2cn([C@H]3C[C@H](O)[C@@H](CO)O3)c(=O)[nH]c2=O)cc(C)c1Oc1ccnc(Nc2ccc(C#N)cc2)n1. The van der Waals surface area contributed by atoms with Gasteiger partial charge in [0.1, 0.15) is 18.1 Å². The highest BCUT2D eigenvalue weighted by Gasteiger charge is 2.35. The second-order valence-electron chi connectivity index (χ2n) is 12.9. The number of aromatic amines is 1. The third kappa shape index (κ3) is 10.9. The van der Waals surface area contributed by atoms with Crippen molar-refractivity contribution in [2.75, 3.05) is 11.9 Å². The summed E-state index contributed by atoms with van der Waals surface area (Å²) in [5.41, 5.74) is 2.99. The van der Waals surface area contributed by atoms with Gasteiger partial charge in [0.2, 0.25) is 17.7 Å². The maximum absolute atomic E-state index is 12.4. The lowest BCUT2D eigenvalue weighted by atomic mass is 10.1. The van der Waals surface area contributed by atoms with Crippen molar-refractivity contribution in [3.63, 3.8) is 0 Å². The molecule has 276 valence electrons. The van der Waals surface area contributed by atoms with Crippen LogP contribution in [0.15, 0.2) is 64.4 Å². The van der Waals surface area contributed by atoms with E-state index in [2.05, 4.69) is 43.5 Å². The van der Waals surface area contributed by atoms with Crippen molar-refractivity contribution in [1.29, 1.82) is 5.26 Å². The van der Waals surface area contributed by atoms with Crippen LogP contribution in [0.25, 0.3) is 0 Å². The number of unbranched alkanes of at least 4 members (excludes halogenated alkanes) is 5. The van der Waals surface area contributed by atoms with Crippen molar-refractivity contribution < 1.29 is 24.5 Å². The summed E-state index contributed by atoms with van der Waals surface area (Å²) >= 11 is 0. The van der Waals surface area contributed by atoms with Crippen LogP contribution in [0.3, 0.4) is 0 Å². The van der Waals surface area contributed by atoms with E-state index in [4.69, 9.17) is 14.7 Å². The average Bonchev–Trinajstić information content (AvgIpc) is 3.52. The number of hydrogen-bond acceptors (Lipinski definition) is 11. The van der Waals surface area contributed by atoms with Crippen molar-refractivity contribution in [2.45, 2.75) is 90.2 Å². The number of amides is 1. The fourth-order valence-electron chi connectivity index (χ4n) is 5.90. The van der Waals surface area contributed by atoms with Crippen LogP contribution in [0.4, 0.5) is 11.6 Å². The first kappa shape index (κ1) is 38.4. The summed E-state index contributed by atoms with van der Waals surface area (Å²) in [7, 11) is 0. The van der Waals surface area contributed by atoms with Crippen LogP contribution in [0.5, 0.6) is 11.6 Å². The molecule has 1 amide bonds. The van der Waals surface area contributed by atoms with Crippen molar-refractivity contribution in [3.05, 3.63) is 104 Å². The van der Waals surface area contributed by atoms with Crippen molar-refractivity contribution >= 4 is 17.5 Å².